The molecule has 0 fully saturated rings. The molecular weight excluding hydrogens is 501 g/mol. The molecule has 0 radical (unpaired) electrons. The minimum absolute atomic E-state index is 0.0449. The number of hydrogen-bond donors (Lipinski definition) is 0. The topological polar surface area (TPSA) is 105 Å². The summed E-state index contributed by atoms with van der Waals surface area (Å²) in [6.07, 6.45) is 0.522. The number of rotatable bonds is 10. The van der Waals surface area contributed by atoms with Gasteiger partial charge in [-0.25, -0.2) is 17.9 Å². The molecule has 0 aliphatic rings. The first-order valence-electron chi connectivity index (χ1n) is 11.2. The van der Waals surface area contributed by atoms with Gasteiger partial charge in [0.1, 0.15) is 5.75 Å². The number of halogens is 3. The van der Waals surface area contributed by atoms with Crippen molar-refractivity contribution in [3.8, 4) is 11.4 Å². The van der Waals surface area contributed by atoms with E-state index >= 15 is 0 Å². The van der Waals surface area contributed by atoms with E-state index in [2.05, 4.69) is 16.8 Å². The lowest BCUT2D eigenvalue weighted by atomic mass is 10.1. The number of fused-ring (bicyclic) bond motifs is 1. The molecule has 0 saturated carbocycles. The summed E-state index contributed by atoms with van der Waals surface area (Å²) in [5, 5.41) is 3.82. The van der Waals surface area contributed by atoms with Crippen LogP contribution in [0.3, 0.4) is 0 Å². The van der Waals surface area contributed by atoms with E-state index < -0.39 is 39.0 Å². The molecule has 8 nitrogen and oxygen atoms in total. The van der Waals surface area contributed by atoms with Crippen LogP contribution in [0.15, 0.2) is 52.2 Å². The normalized spacial score (nSPS) is 12.0. The molecule has 3 aromatic rings. The van der Waals surface area contributed by atoms with Crippen LogP contribution in [0, 0.1) is 0 Å². The number of esters is 1. The second-order valence-corrected chi connectivity index (χ2v) is 10.1. The highest BCUT2D eigenvalue weighted by Crippen LogP contribution is 2.26. The van der Waals surface area contributed by atoms with Crippen molar-refractivity contribution in [1.29, 1.82) is 0 Å². The fourth-order valence-electron chi connectivity index (χ4n) is 3.61. The third kappa shape index (κ3) is 6.62. The molecule has 0 aliphatic heterocycles. The lowest BCUT2D eigenvalue weighted by Gasteiger charge is -2.14. The molecule has 2 aromatic carbocycles. The van der Waals surface area contributed by atoms with Crippen LogP contribution in [-0.4, -0.2) is 43.4 Å². The Labute approximate surface area is 205 Å². The summed E-state index contributed by atoms with van der Waals surface area (Å²) in [5.74, 6) is -1.51. The van der Waals surface area contributed by atoms with Gasteiger partial charge in [-0.2, -0.15) is 5.10 Å². The molecule has 12 heteroatoms. The smallest absolute Gasteiger partial charge is 0.461 e. The van der Waals surface area contributed by atoms with Crippen molar-refractivity contribution in [3.05, 3.63) is 58.4 Å². The lowest BCUT2D eigenvalue weighted by Crippen LogP contribution is -2.25. The highest BCUT2D eigenvalue weighted by Gasteiger charge is 2.31. The number of nitrogens with zero attached hydrogens (tertiary/aromatic N) is 2. The number of carbonyl (C=O) groups excluding carboxylic acids is 1. The van der Waals surface area contributed by atoms with Gasteiger partial charge in [0.15, 0.2) is 9.84 Å². The van der Waals surface area contributed by atoms with Gasteiger partial charge >= 0.3 is 12.3 Å². The third-order valence-electron chi connectivity index (χ3n) is 5.26. The molecule has 0 spiro atoms. The quantitative estimate of drug-likeness (QED) is 0.276. The number of aromatic nitrogens is 2. The number of carbonyl (C=O) groups is 1. The van der Waals surface area contributed by atoms with Crippen molar-refractivity contribution in [2.24, 2.45) is 0 Å². The van der Waals surface area contributed by atoms with Crippen molar-refractivity contribution >= 4 is 26.7 Å². The molecule has 0 bridgehead atoms. The molecule has 3 rings (SSSR count). The Hall–Kier alpha value is -3.41. The van der Waals surface area contributed by atoms with E-state index in [0.717, 1.165) is 48.8 Å². The second-order valence-electron chi connectivity index (χ2n) is 8.10. The molecule has 0 amide bonds. The zero-order valence-electron chi connectivity index (χ0n) is 19.7. The zero-order valence-corrected chi connectivity index (χ0v) is 20.5. The summed E-state index contributed by atoms with van der Waals surface area (Å²) in [7, 11) is -3.89. The maximum absolute atomic E-state index is 13.2. The van der Waals surface area contributed by atoms with Gasteiger partial charge in [-0.3, -0.25) is 4.79 Å². The maximum Gasteiger partial charge on any atom is 0.573 e. The molecule has 1 heterocycles. The van der Waals surface area contributed by atoms with Crippen molar-refractivity contribution in [1.82, 2.24) is 9.78 Å². The van der Waals surface area contributed by atoms with E-state index in [9.17, 15) is 31.2 Å². The highest BCUT2D eigenvalue weighted by molar-refractivity contribution is 7.91. The molecule has 0 atom stereocenters. The first-order valence-corrected chi connectivity index (χ1v) is 13.1. The Balaban J connectivity index is 2.09. The second kappa shape index (κ2) is 11.1. The van der Waals surface area contributed by atoms with Crippen molar-refractivity contribution in [2.45, 2.75) is 50.3 Å². The Morgan fingerprint density at radius 1 is 1.03 bits per heavy atom. The van der Waals surface area contributed by atoms with Gasteiger partial charge in [-0.15, -0.1) is 13.2 Å². The third-order valence-corrected chi connectivity index (χ3v) is 6.40. The Kier molecular flexibility index (Phi) is 8.39. The van der Waals surface area contributed by atoms with Crippen molar-refractivity contribution in [3.63, 3.8) is 0 Å². The Morgan fingerprint density at radius 3 is 2.31 bits per heavy atom. The van der Waals surface area contributed by atoms with Crippen LogP contribution in [0.4, 0.5) is 13.2 Å². The fraction of sp³-hybridized carbons (Fsp3) is 0.375. The summed E-state index contributed by atoms with van der Waals surface area (Å²) < 4.78 is 72.6. The molecule has 0 aliphatic carbocycles. The summed E-state index contributed by atoms with van der Waals surface area (Å²) in [6.45, 7) is 2.12. The van der Waals surface area contributed by atoms with Crippen molar-refractivity contribution < 1.29 is 35.9 Å². The number of hydrogen-bond acceptors (Lipinski definition) is 7. The van der Waals surface area contributed by atoms with Crippen LogP contribution >= 0.6 is 0 Å². The molecule has 36 heavy (non-hydrogen) atoms. The van der Waals surface area contributed by atoms with Crippen LogP contribution in [0.1, 0.15) is 49.5 Å². The standard InChI is InChI=1S/C24H25F3N2O6S/c1-3-4-5-6-7-15-34-23(31)21-22(30)20-18(9-8-10-19(20)36(2,32)33)29(28-21)16-11-13-17(14-12-16)35-24(25,26)27/h8-14H,3-7,15H2,1-2H3. The summed E-state index contributed by atoms with van der Waals surface area (Å²) in [6, 6.07) is 8.56. The first-order chi connectivity index (χ1) is 16.9. The van der Waals surface area contributed by atoms with Crippen LogP contribution in [0.25, 0.3) is 16.6 Å². The van der Waals surface area contributed by atoms with E-state index in [1.165, 1.54) is 30.3 Å². The van der Waals surface area contributed by atoms with Gasteiger partial charge in [-0.1, -0.05) is 38.7 Å². The van der Waals surface area contributed by atoms with E-state index in [1.807, 2.05) is 0 Å². The highest BCUT2D eigenvalue weighted by atomic mass is 32.2. The van der Waals surface area contributed by atoms with E-state index in [4.69, 9.17) is 4.74 Å². The number of ether oxygens (including phenoxy) is 2. The SMILES string of the molecule is CCCCCCCOC(=O)c1nn(-c2ccc(OC(F)(F)F)cc2)c2cccc(S(C)(=O)=O)c2c1=O. The minimum Gasteiger partial charge on any atom is -0.461 e. The first kappa shape index (κ1) is 27.2. The lowest BCUT2D eigenvalue weighted by molar-refractivity contribution is -0.274. The maximum atomic E-state index is 13.2. The average Bonchev–Trinajstić information content (AvgIpc) is 2.80. The summed E-state index contributed by atoms with van der Waals surface area (Å²) in [4.78, 5) is 25.7. The number of sulfone groups is 1. The average molecular weight is 527 g/mol. The number of unbranched alkanes of at least 4 members (excludes halogenated alkanes) is 4. The number of benzene rings is 2. The largest absolute Gasteiger partial charge is 0.573 e. The molecule has 0 N–H and O–H groups in total. The predicted molar refractivity (Wildman–Crippen MR) is 126 cm³/mol. The monoisotopic (exact) mass is 526 g/mol. The van der Waals surface area contributed by atoms with Crippen LogP contribution in [0.5, 0.6) is 5.75 Å². The fourth-order valence-corrected chi connectivity index (χ4v) is 4.50. The molecule has 1 aromatic heterocycles. The summed E-state index contributed by atoms with van der Waals surface area (Å²) >= 11 is 0. The number of alkyl halides is 3. The van der Waals surface area contributed by atoms with Gasteiger partial charge in [0.25, 0.3) is 0 Å². The van der Waals surface area contributed by atoms with Crippen LogP contribution in [0.2, 0.25) is 0 Å². The van der Waals surface area contributed by atoms with E-state index in [0.29, 0.717) is 6.42 Å². The molecule has 0 saturated heterocycles. The Bertz CT molecular complexity index is 1400. The van der Waals surface area contributed by atoms with Crippen molar-refractivity contribution in [2.75, 3.05) is 12.9 Å². The van der Waals surface area contributed by atoms with Crippen LogP contribution < -0.4 is 10.2 Å². The predicted octanol–water partition coefficient (Wildman–Crippen LogP) is 4.82. The van der Waals surface area contributed by atoms with Crippen LogP contribution in [-0.2, 0) is 14.6 Å². The van der Waals surface area contributed by atoms with Gasteiger partial charge in [0, 0.05) is 6.26 Å². The van der Waals surface area contributed by atoms with E-state index in [-0.39, 0.29) is 28.1 Å². The molecular formula is C24H25F3N2O6S. The molecule has 0 unspecified atom stereocenters. The van der Waals surface area contributed by atoms with Gasteiger partial charge < -0.3 is 9.47 Å². The van der Waals surface area contributed by atoms with Gasteiger partial charge in [0.2, 0.25) is 11.1 Å². The minimum atomic E-state index is -4.89. The summed E-state index contributed by atoms with van der Waals surface area (Å²) in [5.41, 5.74) is -1.35. The molecule has 194 valence electrons. The zero-order chi connectivity index (χ0) is 26.5. The van der Waals surface area contributed by atoms with E-state index in [1.54, 1.807) is 0 Å². The van der Waals surface area contributed by atoms with Gasteiger partial charge in [0.05, 0.1) is 28.1 Å². The van der Waals surface area contributed by atoms with Gasteiger partial charge in [-0.05, 0) is 42.8 Å². The Morgan fingerprint density at radius 2 is 1.69 bits per heavy atom.